The van der Waals surface area contributed by atoms with Crippen molar-refractivity contribution in [3.63, 3.8) is 0 Å². The van der Waals surface area contributed by atoms with Crippen LogP contribution in [0.3, 0.4) is 0 Å². The molecule has 0 saturated heterocycles. The number of hydrogen-bond acceptors (Lipinski definition) is 7. The van der Waals surface area contributed by atoms with Gasteiger partial charge < -0.3 is 26.6 Å². The van der Waals surface area contributed by atoms with Gasteiger partial charge in [0.2, 0.25) is 15.9 Å². The molecule has 0 bridgehead atoms. The average Bonchev–Trinajstić information content (AvgIpc) is 3.23. The van der Waals surface area contributed by atoms with Gasteiger partial charge in [0.15, 0.2) is 5.13 Å². The Balaban J connectivity index is 0.00000131. The quantitative estimate of drug-likeness (QED) is 0.173. The maximum atomic E-state index is 12.3. The molecule has 0 radical (unpaired) electrons. The first-order valence-electron chi connectivity index (χ1n) is 11.6. The van der Waals surface area contributed by atoms with Crippen molar-refractivity contribution in [1.29, 1.82) is 0 Å². The van der Waals surface area contributed by atoms with E-state index in [1.165, 1.54) is 36.7 Å². The van der Waals surface area contributed by atoms with Crippen LogP contribution in [0.4, 0.5) is 20.4 Å². The predicted molar refractivity (Wildman–Crippen MR) is 153 cm³/mol. The molecule has 0 saturated carbocycles. The van der Waals surface area contributed by atoms with Crippen LogP contribution in [-0.2, 0) is 34.1 Å². The van der Waals surface area contributed by atoms with Crippen LogP contribution in [0.1, 0.15) is 28.6 Å². The summed E-state index contributed by atoms with van der Waals surface area (Å²) in [6, 6.07) is 14.3. The third kappa shape index (κ3) is 10.4. The van der Waals surface area contributed by atoms with Crippen LogP contribution in [0.25, 0.3) is 0 Å². The summed E-state index contributed by atoms with van der Waals surface area (Å²) in [6.45, 7) is 1.43. The van der Waals surface area contributed by atoms with Gasteiger partial charge in [-0.1, -0.05) is 24.3 Å². The van der Waals surface area contributed by atoms with E-state index in [4.69, 9.17) is 15.0 Å². The van der Waals surface area contributed by atoms with Gasteiger partial charge in [-0.2, -0.15) is 4.99 Å². The van der Waals surface area contributed by atoms with E-state index in [0.717, 1.165) is 28.0 Å². The van der Waals surface area contributed by atoms with E-state index >= 15 is 0 Å². The normalized spacial score (nSPS) is 11.1. The summed E-state index contributed by atoms with van der Waals surface area (Å²) in [7, 11) is -0.509. The molecule has 13 nitrogen and oxygen atoms in total. The van der Waals surface area contributed by atoms with Crippen LogP contribution < -0.4 is 16.4 Å². The summed E-state index contributed by atoms with van der Waals surface area (Å²) in [4.78, 5) is 39.8. The van der Waals surface area contributed by atoms with E-state index in [9.17, 15) is 18.0 Å². The molecular weight excluding hydrogens is 560 g/mol. The number of rotatable bonds is 10. The van der Waals surface area contributed by atoms with Crippen LogP contribution in [0.2, 0.25) is 0 Å². The summed E-state index contributed by atoms with van der Waals surface area (Å²) < 4.78 is 25.8. The van der Waals surface area contributed by atoms with Crippen molar-refractivity contribution >= 4 is 56.6 Å². The first kappa shape index (κ1) is 31.9. The molecule has 0 aliphatic carbocycles. The number of benzene rings is 2. The summed E-state index contributed by atoms with van der Waals surface area (Å²) in [5.74, 6) is -0.199. The number of sulfonamides is 1. The lowest BCUT2D eigenvalue weighted by molar-refractivity contribution is -0.114. The zero-order chi connectivity index (χ0) is 29.9. The molecule has 0 aliphatic heterocycles. The molecule has 0 unspecified atom stereocenters. The van der Waals surface area contributed by atoms with Gasteiger partial charge in [-0.05, 0) is 48.2 Å². The van der Waals surface area contributed by atoms with Crippen LogP contribution in [0.5, 0.6) is 0 Å². The summed E-state index contributed by atoms with van der Waals surface area (Å²) in [5, 5.41) is 21.8. The topological polar surface area (TPSA) is 204 Å². The molecule has 3 aromatic rings. The van der Waals surface area contributed by atoms with Crippen molar-refractivity contribution in [2.75, 3.05) is 24.7 Å². The van der Waals surface area contributed by atoms with Crippen molar-refractivity contribution in [3.8, 4) is 0 Å². The first-order chi connectivity index (χ1) is 18.8. The van der Waals surface area contributed by atoms with Crippen molar-refractivity contribution in [2.45, 2.75) is 31.1 Å². The number of thiazole rings is 1. The highest BCUT2D eigenvalue weighted by atomic mass is 32.2. The SMILES string of the molecule is CC(=O)Nc1nc(CCc2ccc(NC=NC(=O)O)cc2)c(Cc2ccc(S(=O)(=O)N(C)C)cc2)s1.NC(=O)O. The average molecular weight is 591 g/mol. The molecule has 0 aliphatic rings. The Morgan fingerprint density at radius 1 is 1.02 bits per heavy atom. The number of nitrogens with two attached hydrogens (primary N) is 1. The lowest BCUT2D eigenvalue weighted by Gasteiger charge is -2.11. The van der Waals surface area contributed by atoms with E-state index in [2.05, 4.69) is 26.3 Å². The van der Waals surface area contributed by atoms with E-state index in [-0.39, 0.29) is 10.8 Å². The van der Waals surface area contributed by atoms with Crippen LogP contribution in [0.15, 0.2) is 58.4 Å². The van der Waals surface area contributed by atoms with Gasteiger partial charge >= 0.3 is 12.2 Å². The number of amides is 3. The number of aliphatic imine (C=N–C) groups is 1. The number of nitrogens with one attached hydrogen (secondary N) is 2. The number of aryl methyl sites for hydroxylation is 2. The number of carboxylic acid groups (broad SMARTS) is 2. The molecule has 15 heteroatoms. The monoisotopic (exact) mass is 590 g/mol. The lowest BCUT2D eigenvalue weighted by atomic mass is 10.0. The zero-order valence-corrected chi connectivity index (χ0v) is 23.6. The minimum Gasteiger partial charge on any atom is -0.465 e. The zero-order valence-electron chi connectivity index (χ0n) is 22.0. The summed E-state index contributed by atoms with van der Waals surface area (Å²) >= 11 is 1.40. The van der Waals surface area contributed by atoms with Gasteiger partial charge in [0.1, 0.15) is 0 Å². The predicted octanol–water partition coefficient (Wildman–Crippen LogP) is 3.47. The fourth-order valence-electron chi connectivity index (χ4n) is 3.29. The Bertz CT molecular complexity index is 1450. The molecule has 3 rings (SSSR count). The highest BCUT2D eigenvalue weighted by molar-refractivity contribution is 7.89. The molecule has 6 N–H and O–H groups in total. The highest BCUT2D eigenvalue weighted by Crippen LogP contribution is 2.28. The van der Waals surface area contributed by atoms with Crippen molar-refractivity contribution in [3.05, 3.63) is 70.2 Å². The fraction of sp³-hybridized carbons (Fsp3) is 0.240. The third-order valence-electron chi connectivity index (χ3n) is 5.14. The number of carbonyl (C=O) groups is 3. The van der Waals surface area contributed by atoms with E-state index < -0.39 is 22.2 Å². The van der Waals surface area contributed by atoms with Crippen molar-refractivity contribution in [2.24, 2.45) is 10.7 Å². The van der Waals surface area contributed by atoms with Gasteiger partial charge in [0.25, 0.3) is 0 Å². The maximum absolute atomic E-state index is 12.3. The Labute approximate surface area is 235 Å². The number of aromatic nitrogens is 1. The van der Waals surface area contributed by atoms with Crippen molar-refractivity contribution < 1.29 is 33.0 Å². The fourth-order valence-corrected chi connectivity index (χ4v) is 5.28. The molecule has 1 heterocycles. The molecule has 0 spiro atoms. The van der Waals surface area contributed by atoms with E-state index in [1.54, 1.807) is 24.3 Å². The number of carbonyl (C=O) groups excluding carboxylic acids is 1. The minimum absolute atomic E-state index is 0.199. The number of hydrogen-bond donors (Lipinski definition) is 5. The van der Waals surface area contributed by atoms with Gasteiger partial charge in [-0.15, -0.1) is 11.3 Å². The Morgan fingerprint density at radius 3 is 2.12 bits per heavy atom. The molecule has 3 amide bonds. The van der Waals surface area contributed by atoms with E-state index in [0.29, 0.717) is 30.1 Å². The number of nitrogens with zero attached hydrogens (tertiary/aromatic N) is 3. The Kier molecular flexibility index (Phi) is 11.7. The minimum atomic E-state index is -3.50. The standard InChI is InChI=1S/C24H27N5O5S2.CH3NO2/c1-16(30)27-23-28-21(13-8-17-4-9-19(10-5-17)25-15-26-24(31)32)22(35-23)14-18-6-11-20(12-7-18)36(33,34)29(2)3;2-1(3)4/h4-7,9-12,15H,8,13-14H2,1-3H3,(H,25,26)(H,31,32)(H,27,28,30);2H2,(H,3,4). The van der Waals surface area contributed by atoms with Gasteiger partial charge in [-0.3, -0.25) is 4.79 Å². The van der Waals surface area contributed by atoms with Gasteiger partial charge in [0, 0.05) is 38.0 Å². The highest BCUT2D eigenvalue weighted by Gasteiger charge is 2.18. The second kappa shape index (κ2) is 14.7. The summed E-state index contributed by atoms with van der Waals surface area (Å²) in [5.41, 5.74) is 7.61. The molecule has 0 atom stereocenters. The largest absolute Gasteiger partial charge is 0.465 e. The number of primary amides is 1. The second-order valence-electron chi connectivity index (χ2n) is 8.40. The summed E-state index contributed by atoms with van der Waals surface area (Å²) in [6.07, 6.45) is 0.420. The van der Waals surface area contributed by atoms with Crippen molar-refractivity contribution in [1.82, 2.24) is 9.29 Å². The van der Waals surface area contributed by atoms with E-state index in [1.807, 2.05) is 24.3 Å². The molecular formula is C25H30N6O7S2. The smallest absolute Gasteiger partial charge is 0.432 e. The molecule has 1 aromatic heterocycles. The van der Waals surface area contributed by atoms with Crippen LogP contribution in [-0.4, -0.2) is 66.4 Å². The first-order valence-corrected chi connectivity index (χ1v) is 13.9. The van der Waals surface area contributed by atoms with Crippen LogP contribution in [0, 0.1) is 0 Å². The lowest BCUT2D eigenvalue weighted by Crippen LogP contribution is -2.22. The second-order valence-corrected chi connectivity index (χ2v) is 11.6. The number of anilines is 2. The van der Waals surface area contributed by atoms with Crippen LogP contribution >= 0.6 is 11.3 Å². The molecule has 40 heavy (non-hydrogen) atoms. The maximum Gasteiger partial charge on any atom is 0.432 e. The molecule has 214 valence electrons. The molecule has 2 aromatic carbocycles. The molecule has 0 fully saturated rings. The third-order valence-corrected chi connectivity index (χ3v) is 7.98. The Hall–Kier alpha value is -4.34. The van der Waals surface area contributed by atoms with Gasteiger partial charge in [-0.25, -0.2) is 27.3 Å². The Morgan fingerprint density at radius 2 is 1.60 bits per heavy atom. The van der Waals surface area contributed by atoms with Gasteiger partial charge in [0.05, 0.1) is 16.9 Å².